The minimum Gasteiger partial charge on any atom is -0.454 e. The van der Waals surface area contributed by atoms with Crippen LogP contribution in [-0.2, 0) is 15.7 Å². The number of amides is 1. The second-order valence-electron chi connectivity index (χ2n) is 7.28. The Bertz CT molecular complexity index is 886. The molecule has 7 nitrogen and oxygen atoms in total. The lowest BCUT2D eigenvalue weighted by Crippen LogP contribution is -2.42. The van der Waals surface area contributed by atoms with Crippen molar-refractivity contribution in [2.45, 2.75) is 37.6 Å². The predicted octanol–water partition coefficient (Wildman–Crippen LogP) is 3.16. The van der Waals surface area contributed by atoms with Crippen molar-refractivity contribution in [3.05, 3.63) is 42.5 Å². The quantitative estimate of drug-likeness (QED) is 0.798. The first-order chi connectivity index (χ1) is 14.4. The average Bonchev–Trinajstić information content (AvgIpc) is 3.40. The minimum absolute atomic E-state index is 0.0367. The van der Waals surface area contributed by atoms with Gasteiger partial charge < -0.3 is 19.7 Å². The van der Waals surface area contributed by atoms with E-state index in [-0.39, 0.29) is 23.8 Å². The van der Waals surface area contributed by atoms with Gasteiger partial charge in [0.2, 0.25) is 11.7 Å². The van der Waals surface area contributed by atoms with Gasteiger partial charge in [0.25, 0.3) is 0 Å². The molecule has 2 atom stereocenters. The van der Waals surface area contributed by atoms with E-state index in [1.807, 2.05) is 6.07 Å². The van der Waals surface area contributed by atoms with E-state index in [2.05, 4.69) is 20.2 Å². The van der Waals surface area contributed by atoms with Crippen molar-refractivity contribution in [1.29, 1.82) is 0 Å². The third-order valence-electron chi connectivity index (χ3n) is 5.06. The lowest BCUT2D eigenvalue weighted by molar-refractivity contribution is -0.145. The van der Waals surface area contributed by atoms with Crippen LogP contribution in [-0.4, -0.2) is 47.7 Å². The normalized spacial score (nSPS) is 21.6. The molecule has 0 saturated carbocycles. The fraction of sp³-hybridized carbons (Fsp3) is 0.450. The van der Waals surface area contributed by atoms with Crippen LogP contribution >= 0.6 is 0 Å². The summed E-state index contributed by atoms with van der Waals surface area (Å²) in [5.41, 5.74) is 0.897. The molecule has 1 unspecified atom stereocenters. The molecule has 2 fully saturated rings. The third-order valence-corrected chi connectivity index (χ3v) is 5.06. The fourth-order valence-electron chi connectivity index (χ4n) is 3.59. The summed E-state index contributed by atoms with van der Waals surface area (Å²) in [6, 6.07) is 7.25. The Morgan fingerprint density at radius 2 is 2.00 bits per heavy atom. The number of anilines is 1. The monoisotopic (exact) mass is 422 g/mol. The Morgan fingerprint density at radius 1 is 1.20 bits per heavy atom. The number of alkyl halides is 3. The molecule has 0 bridgehead atoms. The summed E-state index contributed by atoms with van der Waals surface area (Å²) in [5.74, 6) is -0.693. The zero-order valence-electron chi connectivity index (χ0n) is 16.1. The number of hydrogen-bond donors (Lipinski definition) is 1. The molecule has 1 aromatic heterocycles. The van der Waals surface area contributed by atoms with Gasteiger partial charge >= 0.3 is 6.18 Å². The summed E-state index contributed by atoms with van der Waals surface area (Å²) in [5, 5.41) is 3.05. The van der Waals surface area contributed by atoms with Gasteiger partial charge in [-0.2, -0.15) is 13.2 Å². The number of halogens is 3. The predicted molar refractivity (Wildman–Crippen MR) is 101 cm³/mol. The number of carbonyl (C=O) groups is 1. The zero-order valence-corrected chi connectivity index (χ0v) is 16.1. The van der Waals surface area contributed by atoms with Gasteiger partial charge in [-0.05, 0) is 31.4 Å². The van der Waals surface area contributed by atoms with Crippen LogP contribution in [0.3, 0.4) is 0 Å². The summed E-state index contributed by atoms with van der Waals surface area (Å²) in [6.07, 6.45) is -0.465. The highest BCUT2D eigenvalue weighted by molar-refractivity contribution is 5.81. The Labute approximate surface area is 171 Å². The minimum atomic E-state index is -4.59. The number of aromatic nitrogens is 2. The maximum atomic E-state index is 12.6. The van der Waals surface area contributed by atoms with Gasteiger partial charge in [0.15, 0.2) is 5.75 Å². The van der Waals surface area contributed by atoms with Crippen molar-refractivity contribution in [3.63, 3.8) is 0 Å². The number of ether oxygens (including phenoxy) is 2. The van der Waals surface area contributed by atoms with Crippen molar-refractivity contribution in [3.8, 4) is 11.5 Å². The van der Waals surface area contributed by atoms with E-state index in [1.165, 1.54) is 0 Å². The molecular weight excluding hydrogens is 401 g/mol. The van der Waals surface area contributed by atoms with Crippen molar-refractivity contribution in [2.24, 2.45) is 0 Å². The average molecular weight is 422 g/mol. The number of nitrogens with one attached hydrogen (secondary N) is 1. The molecule has 0 radical (unpaired) electrons. The van der Waals surface area contributed by atoms with Gasteiger partial charge in [-0.15, -0.1) is 0 Å². The van der Waals surface area contributed by atoms with Crippen LogP contribution in [0.15, 0.2) is 36.7 Å². The molecule has 2 aliphatic heterocycles. The molecule has 1 N–H and O–H groups in total. The van der Waals surface area contributed by atoms with Crippen LogP contribution in [0.25, 0.3) is 0 Å². The van der Waals surface area contributed by atoms with Crippen molar-refractivity contribution < 1.29 is 27.4 Å². The summed E-state index contributed by atoms with van der Waals surface area (Å²) in [4.78, 5) is 20.9. The molecule has 0 spiro atoms. The van der Waals surface area contributed by atoms with Crippen LogP contribution in [0, 0.1) is 0 Å². The van der Waals surface area contributed by atoms with Crippen molar-refractivity contribution >= 4 is 11.6 Å². The highest BCUT2D eigenvalue weighted by atomic mass is 19.4. The van der Waals surface area contributed by atoms with Gasteiger partial charge in [0.05, 0.1) is 12.4 Å². The number of carbonyl (C=O) groups excluding carboxylic acids is 1. The van der Waals surface area contributed by atoms with Crippen molar-refractivity contribution in [2.75, 3.05) is 24.6 Å². The lowest BCUT2D eigenvalue weighted by Gasteiger charge is -2.20. The third kappa shape index (κ3) is 4.81. The van der Waals surface area contributed by atoms with E-state index in [4.69, 9.17) is 9.47 Å². The number of nitrogens with zero attached hydrogens (tertiary/aromatic N) is 3. The zero-order chi connectivity index (χ0) is 21.1. The maximum Gasteiger partial charge on any atom is 0.451 e. The Balaban J connectivity index is 1.36. The SMILES string of the molecule is O=C(N[C@H]1CCN(c2cccc(Oc3cnc(C(F)(F)F)nc3)c2)C1)C1CCCO1. The van der Waals surface area contributed by atoms with Gasteiger partial charge in [0, 0.05) is 37.5 Å². The van der Waals surface area contributed by atoms with Crippen LogP contribution in [0.1, 0.15) is 25.1 Å². The lowest BCUT2D eigenvalue weighted by atomic mass is 10.2. The van der Waals surface area contributed by atoms with E-state index in [1.54, 1.807) is 18.2 Å². The smallest absolute Gasteiger partial charge is 0.451 e. The molecule has 2 aromatic rings. The summed E-state index contributed by atoms with van der Waals surface area (Å²) >= 11 is 0. The molecule has 2 aliphatic rings. The van der Waals surface area contributed by atoms with Gasteiger partial charge in [-0.3, -0.25) is 4.79 Å². The van der Waals surface area contributed by atoms with E-state index in [0.717, 1.165) is 43.9 Å². The summed E-state index contributed by atoms with van der Waals surface area (Å²) in [7, 11) is 0. The van der Waals surface area contributed by atoms with Crippen LogP contribution in [0.2, 0.25) is 0 Å². The standard InChI is InChI=1S/C20H21F3N4O3/c21-20(22,23)19-24-10-16(11-25-19)30-15-4-1-3-14(9-15)27-7-6-13(12-27)26-18(28)17-5-2-8-29-17/h1,3-4,9-11,13,17H,2,5-8,12H2,(H,26,28)/t13-,17?/m0/s1. The molecule has 1 amide bonds. The van der Waals surface area contributed by atoms with Crippen LogP contribution in [0.4, 0.5) is 18.9 Å². The first-order valence-electron chi connectivity index (χ1n) is 9.72. The summed E-state index contributed by atoms with van der Waals surface area (Å²) < 4.78 is 48.7. The second-order valence-corrected chi connectivity index (χ2v) is 7.28. The Kier molecular flexibility index (Phi) is 5.76. The molecular formula is C20H21F3N4O3. The van der Waals surface area contributed by atoms with Crippen molar-refractivity contribution in [1.82, 2.24) is 15.3 Å². The topological polar surface area (TPSA) is 76.6 Å². The van der Waals surface area contributed by atoms with Crippen LogP contribution < -0.4 is 15.0 Å². The summed E-state index contributed by atoms with van der Waals surface area (Å²) in [6.45, 7) is 2.06. The second kappa shape index (κ2) is 8.47. The Hall–Kier alpha value is -2.88. The van der Waals surface area contributed by atoms with E-state index < -0.39 is 12.0 Å². The molecule has 2 saturated heterocycles. The van der Waals surface area contributed by atoms with E-state index >= 15 is 0 Å². The number of rotatable bonds is 5. The first kappa shape index (κ1) is 20.4. The molecule has 10 heteroatoms. The molecule has 4 rings (SSSR count). The van der Waals surface area contributed by atoms with E-state index in [0.29, 0.717) is 18.9 Å². The molecule has 1 aromatic carbocycles. The van der Waals surface area contributed by atoms with E-state index in [9.17, 15) is 18.0 Å². The highest BCUT2D eigenvalue weighted by Gasteiger charge is 2.34. The van der Waals surface area contributed by atoms with Gasteiger partial charge in [0.1, 0.15) is 11.9 Å². The highest BCUT2D eigenvalue weighted by Crippen LogP contribution is 2.29. The number of hydrogen-bond acceptors (Lipinski definition) is 6. The molecule has 0 aliphatic carbocycles. The fourth-order valence-corrected chi connectivity index (χ4v) is 3.59. The first-order valence-corrected chi connectivity index (χ1v) is 9.72. The molecule has 30 heavy (non-hydrogen) atoms. The Morgan fingerprint density at radius 3 is 2.70 bits per heavy atom. The van der Waals surface area contributed by atoms with Gasteiger partial charge in [-0.1, -0.05) is 6.07 Å². The number of benzene rings is 1. The van der Waals surface area contributed by atoms with Crippen LogP contribution in [0.5, 0.6) is 11.5 Å². The molecule has 160 valence electrons. The van der Waals surface area contributed by atoms with Gasteiger partial charge in [-0.25, -0.2) is 9.97 Å². The largest absolute Gasteiger partial charge is 0.454 e. The molecule has 3 heterocycles. The maximum absolute atomic E-state index is 12.6.